The molecular weight excluding hydrogens is 182 g/mol. The fourth-order valence-corrected chi connectivity index (χ4v) is 1.72. The van der Waals surface area contributed by atoms with E-state index in [2.05, 4.69) is 0 Å². The lowest BCUT2D eigenvalue weighted by Crippen LogP contribution is -2.01. The lowest BCUT2D eigenvalue weighted by atomic mass is 10.3. The van der Waals surface area contributed by atoms with Crippen LogP contribution in [0.4, 0.5) is 0 Å². The molecule has 70 valence electrons. The first-order valence-electron chi connectivity index (χ1n) is 4.28. The van der Waals surface area contributed by atoms with Gasteiger partial charge in [-0.3, -0.25) is 4.79 Å². The smallest absolute Gasteiger partial charge is 0.193 e. The molecule has 1 aromatic rings. The van der Waals surface area contributed by atoms with Crippen molar-refractivity contribution in [2.45, 2.75) is 17.7 Å². The van der Waals surface area contributed by atoms with E-state index in [1.807, 2.05) is 30.3 Å². The zero-order valence-corrected chi connectivity index (χ0v) is 8.22. The third-order valence-corrected chi connectivity index (χ3v) is 2.50. The lowest BCUT2D eigenvalue weighted by molar-refractivity contribution is -0.111. The summed E-state index contributed by atoms with van der Waals surface area (Å²) in [5.74, 6) is 0. The number of carbonyl (C=O) groups excluding carboxylic acids is 1. The molecule has 2 nitrogen and oxygen atoms in total. The Morgan fingerprint density at radius 3 is 2.62 bits per heavy atom. The Morgan fingerprint density at radius 1 is 1.31 bits per heavy atom. The van der Waals surface area contributed by atoms with Crippen molar-refractivity contribution in [1.82, 2.24) is 0 Å². The molecule has 0 spiro atoms. The van der Waals surface area contributed by atoms with Crippen molar-refractivity contribution >= 4 is 16.9 Å². The molecular formula is C10H13NOS. The van der Waals surface area contributed by atoms with Gasteiger partial charge in [-0.2, -0.15) is 0 Å². The molecule has 1 rings (SSSR count). The summed E-state index contributed by atoms with van der Waals surface area (Å²) in [4.78, 5) is 12.3. The summed E-state index contributed by atoms with van der Waals surface area (Å²) in [5.41, 5.74) is 5.31. The van der Waals surface area contributed by atoms with Gasteiger partial charge in [0.15, 0.2) is 5.12 Å². The molecule has 3 heteroatoms. The standard InChI is InChI=1S/C10H13NOS/c11-8-4-7-10(12)13-9-5-2-1-3-6-9/h1-3,5-6H,4,7-8,11H2. The summed E-state index contributed by atoms with van der Waals surface area (Å²) < 4.78 is 0. The van der Waals surface area contributed by atoms with Crippen LogP contribution in [0.25, 0.3) is 0 Å². The SMILES string of the molecule is NCCCC(=O)Sc1ccccc1. The largest absolute Gasteiger partial charge is 0.330 e. The normalized spacial score (nSPS) is 9.92. The van der Waals surface area contributed by atoms with Gasteiger partial charge in [0.05, 0.1) is 0 Å². The van der Waals surface area contributed by atoms with E-state index in [-0.39, 0.29) is 5.12 Å². The van der Waals surface area contributed by atoms with E-state index >= 15 is 0 Å². The summed E-state index contributed by atoms with van der Waals surface area (Å²) in [6.07, 6.45) is 1.34. The Labute approximate surface area is 82.5 Å². The molecule has 0 aliphatic rings. The highest BCUT2D eigenvalue weighted by Crippen LogP contribution is 2.19. The fourth-order valence-electron chi connectivity index (χ4n) is 0.917. The first-order chi connectivity index (χ1) is 6.33. The van der Waals surface area contributed by atoms with Crippen LogP contribution < -0.4 is 5.73 Å². The molecule has 0 heterocycles. The van der Waals surface area contributed by atoms with Gasteiger partial charge >= 0.3 is 0 Å². The van der Waals surface area contributed by atoms with Crippen LogP contribution in [-0.4, -0.2) is 11.7 Å². The highest BCUT2D eigenvalue weighted by Gasteiger charge is 2.02. The van der Waals surface area contributed by atoms with E-state index in [1.165, 1.54) is 11.8 Å². The molecule has 0 unspecified atom stereocenters. The molecule has 0 aromatic heterocycles. The summed E-state index contributed by atoms with van der Waals surface area (Å²) in [5, 5.41) is 0.191. The summed E-state index contributed by atoms with van der Waals surface area (Å²) >= 11 is 1.29. The number of thioether (sulfide) groups is 1. The molecule has 1 aromatic carbocycles. The minimum absolute atomic E-state index is 0.191. The first kappa shape index (κ1) is 10.3. The van der Waals surface area contributed by atoms with Crippen LogP contribution in [0.2, 0.25) is 0 Å². The molecule has 0 radical (unpaired) electrons. The van der Waals surface area contributed by atoms with Gasteiger partial charge < -0.3 is 5.73 Å². The Balaban J connectivity index is 2.37. The van der Waals surface area contributed by atoms with Gasteiger partial charge in [0.25, 0.3) is 0 Å². The summed E-state index contributed by atoms with van der Waals surface area (Å²) in [6, 6.07) is 9.67. The van der Waals surface area contributed by atoms with E-state index in [0.29, 0.717) is 13.0 Å². The Bertz CT molecular complexity index is 261. The van der Waals surface area contributed by atoms with Crippen LogP contribution in [-0.2, 0) is 4.79 Å². The van der Waals surface area contributed by atoms with E-state index in [9.17, 15) is 4.79 Å². The predicted octanol–water partition coefficient (Wildman–Crippen LogP) is 2.04. The van der Waals surface area contributed by atoms with Gasteiger partial charge in [-0.15, -0.1) is 0 Å². The second-order valence-electron chi connectivity index (χ2n) is 2.68. The van der Waals surface area contributed by atoms with Gasteiger partial charge in [-0.25, -0.2) is 0 Å². The van der Waals surface area contributed by atoms with Gasteiger partial charge in [-0.1, -0.05) is 30.0 Å². The van der Waals surface area contributed by atoms with Crippen molar-refractivity contribution in [1.29, 1.82) is 0 Å². The van der Waals surface area contributed by atoms with Crippen molar-refractivity contribution < 1.29 is 4.79 Å². The Kier molecular flexibility index (Phi) is 4.57. The Morgan fingerprint density at radius 2 is 2.00 bits per heavy atom. The molecule has 0 amide bonds. The van der Waals surface area contributed by atoms with Gasteiger partial charge in [0, 0.05) is 11.3 Å². The third-order valence-electron chi connectivity index (χ3n) is 1.56. The molecule has 2 N–H and O–H groups in total. The minimum Gasteiger partial charge on any atom is -0.330 e. The maximum Gasteiger partial charge on any atom is 0.193 e. The first-order valence-corrected chi connectivity index (χ1v) is 5.10. The maximum absolute atomic E-state index is 11.3. The van der Waals surface area contributed by atoms with Gasteiger partial charge in [0.1, 0.15) is 0 Å². The van der Waals surface area contributed by atoms with Crippen molar-refractivity contribution in [2.24, 2.45) is 5.73 Å². The number of hydrogen-bond acceptors (Lipinski definition) is 3. The van der Waals surface area contributed by atoms with Crippen molar-refractivity contribution in [3.63, 3.8) is 0 Å². The number of benzene rings is 1. The predicted molar refractivity (Wildman–Crippen MR) is 55.6 cm³/mol. The molecule has 0 aliphatic carbocycles. The van der Waals surface area contributed by atoms with E-state index in [0.717, 1.165) is 11.3 Å². The van der Waals surface area contributed by atoms with Crippen LogP contribution in [0.5, 0.6) is 0 Å². The topological polar surface area (TPSA) is 43.1 Å². The fraction of sp³-hybridized carbons (Fsp3) is 0.300. The average Bonchev–Trinajstić information content (AvgIpc) is 2.16. The third kappa shape index (κ3) is 4.10. The minimum atomic E-state index is 0.191. The second kappa shape index (κ2) is 5.78. The molecule has 0 aliphatic heterocycles. The Hall–Kier alpha value is -0.800. The number of rotatable bonds is 4. The molecule has 0 fully saturated rings. The molecule has 13 heavy (non-hydrogen) atoms. The van der Waals surface area contributed by atoms with Crippen molar-refractivity contribution in [2.75, 3.05) is 6.54 Å². The van der Waals surface area contributed by atoms with Gasteiger partial charge in [-0.05, 0) is 25.1 Å². The highest BCUT2D eigenvalue weighted by atomic mass is 32.2. The lowest BCUT2D eigenvalue weighted by Gasteiger charge is -1.98. The number of carbonyl (C=O) groups is 1. The highest BCUT2D eigenvalue weighted by molar-refractivity contribution is 8.13. The maximum atomic E-state index is 11.3. The van der Waals surface area contributed by atoms with E-state index < -0.39 is 0 Å². The van der Waals surface area contributed by atoms with Crippen LogP contribution in [0, 0.1) is 0 Å². The average molecular weight is 195 g/mol. The summed E-state index contributed by atoms with van der Waals surface area (Å²) in [6.45, 7) is 0.584. The zero-order chi connectivity index (χ0) is 9.52. The quantitative estimate of drug-likeness (QED) is 0.748. The molecule has 0 saturated heterocycles. The van der Waals surface area contributed by atoms with Crippen molar-refractivity contribution in [3.05, 3.63) is 30.3 Å². The molecule has 0 saturated carbocycles. The van der Waals surface area contributed by atoms with Gasteiger partial charge in [0.2, 0.25) is 0 Å². The molecule has 0 bridgehead atoms. The van der Waals surface area contributed by atoms with Crippen LogP contribution >= 0.6 is 11.8 Å². The van der Waals surface area contributed by atoms with Crippen molar-refractivity contribution in [3.8, 4) is 0 Å². The number of nitrogens with two attached hydrogens (primary N) is 1. The van der Waals surface area contributed by atoms with Crippen LogP contribution in [0.1, 0.15) is 12.8 Å². The molecule has 0 atom stereocenters. The zero-order valence-electron chi connectivity index (χ0n) is 7.40. The number of hydrogen-bond donors (Lipinski definition) is 1. The van der Waals surface area contributed by atoms with Crippen LogP contribution in [0.3, 0.4) is 0 Å². The summed E-state index contributed by atoms with van der Waals surface area (Å²) in [7, 11) is 0. The van der Waals surface area contributed by atoms with Crippen LogP contribution in [0.15, 0.2) is 35.2 Å². The monoisotopic (exact) mass is 195 g/mol. The van der Waals surface area contributed by atoms with E-state index in [4.69, 9.17) is 5.73 Å². The second-order valence-corrected chi connectivity index (χ2v) is 3.81. The van der Waals surface area contributed by atoms with E-state index in [1.54, 1.807) is 0 Å².